The summed E-state index contributed by atoms with van der Waals surface area (Å²) in [7, 11) is 0. The van der Waals surface area contributed by atoms with Crippen LogP contribution in [0.2, 0.25) is 0 Å². The molecule has 0 saturated carbocycles. The van der Waals surface area contributed by atoms with Crippen molar-refractivity contribution in [1.29, 1.82) is 0 Å². The van der Waals surface area contributed by atoms with Crippen molar-refractivity contribution < 1.29 is 0 Å². The van der Waals surface area contributed by atoms with Gasteiger partial charge in [-0.15, -0.1) is 0 Å². The van der Waals surface area contributed by atoms with E-state index in [1.807, 2.05) is 48.7 Å². The summed E-state index contributed by atoms with van der Waals surface area (Å²) in [4.78, 5) is 4.55. The maximum Gasteiger partial charge on any atom is 0.0931 e. The van der Waals surface area contributed by atoms with Crippen LogP contribution >= 0.6 is 0 Å². The quantitative estimate of drug-likeness (QED) is 0.354. The molecule has 2 N–H and O–H groups in total. The number of nitrogens with two attached hydrogens (primary N) is 1. The van der Waals surface area contributed by atoms with Gasteiger partial charge in [0.15, 0.2) is 0 Å². The van der Waals surface area contributed by atoms with Crippen LogP contribution in [-0.2, 0) is 0 Å². The topological polar surface area (TPSA) is 38.9 Å². The Hall–Kier alpha value is -3.65. The lowest BCUT2D eigenvalue weighted by molar-refractivity contribution is 1.40. The van der Waals surface area contributed by atoms with Gasteiger partial charge in [0.05, 0.1) is 11.2 Å². The Bertz CT molecular complexity index is 1110. The van der Waals surface area contributed by atoms with Gasteiger partial charge in [-0.25, -0.2) is 0 Å². The van der Waals surface area contributed by atoms with E-state index in [-0.39, 0.29) is 0 Å². The highest BCUT2D eigenvalue weighted by Crippen LogP contribution is 2.24. The average molecular weight is 348 g/mol. The van der Waals surface area contributed by atoms with Crippen LogP contribution in [0, 0.1) is 0 Å². The fourth-order valence-corrected chi connectivity index (χ4v) is 3.02. The van der Waals surface area contributed by atoms with Crippen LogP contribution in [0.3, 0.4) is 0 Å². The number of hydrogen-bond acceptors (Lipinski definition) is 2. The van der Waals surface area contributed by atoms with Crippen molar-refractivity contribution in [1.82, 2.24) is 4.98 Å². The number of nitrogen functional groups attached to an aromatic ring is 1. The molecule has 0 fully saturated rings. The van der Waals surface area contributed by atoms with Crippen LogP contribution < -0.4 is 5.73 Å². The van der Waals surface area contributed by atoms with Gasteiger partial charge in [-0.05, 0) is 40.5 Å². The summed E-state index contributed by atoms with van der Waals surface area (Å²) in [5.74, 6) is 0. The molecule has 0 aliphatic carbocycles. The van der Waals surface area contributed by atoms with Crippen LogP contribution in [0.25, 0.3) is 35.2 Å². The first-order valence-electron chi connectivity index (χ1n) is 8.93. The third-order valence-electron chi connectivity index (χ3n) is 4.39. The first-order chi connectivity index (χ1) is 13.3. The summed E-state index contributed by atoms with van der Waals surface area (Å²) in [6.45, 7) is 0. The second-order valence-corrected chi connectivity index (χ2v) is 6.44. The molecule has 0 amide bonds. The summed E-state index contributed by atoms with van der Waals surface area (Å²) in [5, 5.41) is 1.04. The van der Waals surface area contributed by atoms with E-state index < -0.39 is 0 Å². The van der Waals surface area contributed by atoms with Gasteiger partial charge in [0, 0.05) is 11.6 Å². The highest BCUT2D eigenvalue weighted by Gasteiger charge is 2.02. The monoisotopic (exact) mass is 348 g/mol. The number of hydrogen-bond donors (Lipinski definition) is 1. The number of fused-ring (bicyclic) bond motifs is 1. The standard InChI is InChI=1S/C25H20N2/c26-24-17-21(13-11-19-7-3-1-4-8-19)15-23-16-22(18-27-25(23)24)14-12-20-9-5-2-6-10-20/h1-18H,26H2/b13-11+,14-12+. The first-order valence-corrected chi connectivity index (χ1v) is 8.93. The molecule has 2 heteroatoms. The third-order valence-corrected chi connectivity index (χ3v) is 4.39. The summed E-state index contributed by atoms with van der Waals surface area (Å²) in [6.07, 6.45) is 10.2. The molecule has 0 aliphatic heterocycles. The maximum absolute atomic E-state index is 6.23. The van der Waals surface area contributed by atoms with Gasteiger partial charge in [-0.1, -0.05) is 85.0 Å². The number of rotatable bonds is 4. The van der Waals surface area contributed by atoms with Gasteiger partial charge < -0.3 is 5.73 Å². The van der Waals surface area contributed by atoms with E-state index in [2.05, 4.69) is 65.7 Å². The Morgan fingerprint density at radius 1 is 0.593 bits per heavy atom. The molecule has 4 aromatic rings. The predicted molar refractivity (Wildman–Crippen MR) is 117 cm³/mol. The minimum atomic E-state index is 0.693. The number of anilines is 1. The normalized spacial score (nSPS) is 11.6. The van der Waals surface area contributed by atoms with Gasteiger partial charge in [-0.3, -0.25) is 4.98 Å². The van der Waals surface area contributed by atoms with Gasteiger partial charge in [0.25, 0.3) is 0 Å². The van der Waals surface area contributed by atoms with E-state index in [9.17, 15) is 0 Å². The molecule has 0 aliphatic rings. The smallest absolute Gasteiger partial charge is 0.0931 e. The van der Waals surface area contributed by atoms with Crippen LogP contribution in [-0.4, -0.2) is 4.98 Å². The number of pyridine rings is 1. The molecule has 130 valence electrons. The predicted octanol–water partition coefficient (Wildman–Crippen LogP) is 6.16. The fraction of sp³-hybridized carbons (Fsp3) is 0. The Morgan fingerprint density at radius 3 is 1.74 bits per heavy atom. The van der Waals surface area contributed by atoms with Crippen molar-refractivity contribution in [3.63, 3.8) is 0 Å². The van der Waals surface area contributed by atoms with Crippen molar-refractivity contribution in [2.24, 2.45) is 0 Å². The van der Waals surface area contributed by atoms with Gasteiger partial charge in [-0.2, -0.15) is 0 Å². The van der Waals surface area contributed by atoms with Crippen molar-refractivity contribution in [2.45, 2.75) is 0 Å². The van der Waals surface area contributed by atoms with Crippen LogP contribution in [0.4, 0.5) is 5.69 Å². The fourth-order valence-electron chi connectivity index (χ4n) is 3.02. The molecule has 0 spiro atoms. The zero-order valence-electron chi connectivity index (χ0n) is 14.9. The lowest BCUT2D eigenvalue weighted by atomic mass is 10.1. The van der Waals surface area contributed by atoms with Gasteiger partial charge in [0.1, 0.15) is 0 Å². The second-order valence-electron chi connectivity index (χ2n) is 6.44. The molecule has 27 heavy (non-hydrogen) atoms. The molecule has 0 saturated heterocycles. The Balaban J connectivity index is 1.66. The van der Waals surface area contributed by atoms with Crippen LogP contribution in [0.1, 0.15) is 22.3 Å². The largest absolute Gasteiger partial charge is 0.397 e. The summed E-state index contributed by atoms with van der Waals surface area (Å²) in [6, 6.07) is 26.7. The van der Waals surface area contributed by atoms with Gasteiger partial charge in [0.2, 0.25) is 0 Å². The lowest BCUT2D eigenvalue weighted by Gasteiger charge is -2.05. The van der Waals surface area contributed by atoms with Crippen molar-refractivity contribution in [2.75, 3.05) is 5.73 Å². The minimum Gasteiger partial charge on any atom is -0.397 e. The highest BCUT2D eigenvalue weighted by atomic mass is 14.7. The zero-order valence-corrected chi connectivity index (χ0v) is 14.9. The molecule has 0 radical (unpaired) electrons. The highest BCUT2D eigenvalue weighted by molar-refractivity contribution is 5.93. The Kier molecular flexibility index (Phi) is 4.80. The van der Waals surface area contributed by atoms with Crippen molar-refractivity contribution in [3.05, 3.63) is 107 Å². The lowest BCUT2D eigenvalue weighted by Crippen LogP contribution is -1.91. The Morgan fingerprint density at radius 2 is 1.11 bits per heavy atom. The Labute approximate surface area is 159 Å². The van der Waals surface area contributed by atoms with Crippen molar-refractivity contribution in [3.8, 4) is 0 Å². The summed E-state index contributed by atoms with van der Waals surface area (Å²) >= 11 is 0. The van der Waals surface area contributed by atoms with Crippen LogP contribution in [0.5, 0.6) is 0 Å². The SMILES string of the molecule is Nc1cc(/C=C/c2ccccc2)cc2cc(/C=C/c3ccccc3)cnc12. The average Bonchev–Trinajstić information content (AvgIpc) is 2.72. The van der Waals surface area contributed by atoms with E-state index in [1.54, 1.807) is 0 Å². The molecule has 0 unspecified atom stereocenters. The van der Waals surface area contributed by atoms with E-state index in [4.69, 9.17) is 5.73 Å². The summed E-state index contributed by atoms with van der Waals surface area (Å²) in [5.41, 5.74) is 12.2. The van der Waals surface area contributed by atoms with E-state index >= 15 is 0 Å². The number of benzene rings is 3. The second kappa shape index (κ2) is 7.71. The van der Waals surface area contributed by atoms with E-state index in [0.29, 0.717) is 5.69 Å². The first kappa shape index (κ1) is 16.8. The molecule has 4 rings (SSSR count). The molecule has 3 aromatic carbocycles. The van der Waals surface area contributed by atoms with Crippen molar-refractivity contribution >= 4 is 40.9 Å². The molecule has 0 atom stereocenters. The molecule has 1 heterocycles. The zero-order chi connectivity index (χ0) is 18.5. The molecule has 0 bridgehead atoms. The third kappa shape index (κ3) is 4.13. The summed E-state index contributed by atoms with van der Waals surface area (Å²) < 4.78 is 0. The number of aromatic nitrogens is 1. The molecular formula is C25H20N2. The molecule has 1 aromatic heterocycles. The van der Waals surface area contributed by atoms with E-state index in [1.165, 1.54) is 0 Å². The van der Waals surface area contributed by atoms with Gasteiger partial charge >= 0.3 is 0 Å². The minimum absolute atomic E-state index is 0.693. The molecular weight excluding hydrogens is 328 g/mol. The maximum atomic E-state index is 6.23. The molecule has 2 nitrogen and oxygen atoms in total. The van der Waals surface area contributed by atoms with E-state index in [0.717, 1.165) is 33.2 Å². The van der Waals surface area contributed by atoms with Crippen LogP contribution in [0.15, 0.2) is 85.1 Å². The number of nitrogens with zero attached hydrogens (tertiary/aromatic N) is 1.